The van der Waals surface area contributed by atoms with Crippen molar-refractivity contribution < 1.29 is 35.4 Å². The topological polar surface area (TPSA) is 101 Å². The van der Waals surface area contributed by atoms with E-state index in [1.54, 1.807) is 0 Å². The Balaban J connectivity index is 2.45. The average molecular weight is 525 g/mol. The fourth-order valence-electron chi connectivity index (χ4n) is 5.34. The molecule has 0 radical (unpaired) electrons. The van der Waals surface area contributed by atoms with Gasteiger partial charge in [0, 0.05) is 0 Å². The molecule has 0 aromatic carbocycles. The van der Waals surface area contributed by atoms with Crippen LogP contribution >= 0.6 is 0 Å². The van der Waals surface area contributed by atoms with E-state index in [4.69, 9.17) is 21.9 Å². The molecule has 0 saturated carbocycles. The minimum absolute atomic E-state index is 0.00586. The highest BCUT2D eigenvalue weighted by atomic mass is 32.2. The van der Waals surface area contributed by atoms with Crippen LogP contribution in [0.2, 0.25) is 22.2 Å². The second-order valence-corrected chi connectivity index (χ2v) is 21.4. The van der Waals surface area contributed by atoms with E-state index in [2.05, 4.69) is 55.4 Å². The van der Waals surface area contributed by atoms with E-state index < -0.39 is 51.1 Å². The maximum atomic E-state index is 11.8. The van der Waals surface area contributed by atoms with E-state index in [-0.39, 0.29) is 28.8 Å². The molecule has 2 heterocycles. The van der Waals surface area contributed by atoms with Crippen LogP contribution < -0.4 is 0 Å². The zero-order valence-electron chi connectivity index (χ0n) is 22.1. The van der Waals surface area contributed by atoms with Gasteiger partial charge in [0.15, 0.2) is 0 Å². The summed E-state index contributed by atoms with van der Waals surface area (Å²) in [6.07, 6.45) is 0.644. The van der Waals surface area contributed by atoms with E-state index in [0.29, 0.717) is 19.4 Å². The van der Waals surface area contributed by atoms with Crippen LogP contribution in [0.15, 0.2) is 0 Å². The van der Waals surface area contributed by atoms with Crippen LogP contribution in [0.5, 0.6) is 0 Å². The van der Waals surface area contributed by atoms with Crippen LogP contribution in [0.25, 0.3) is 0 Å². The first kappa shape index (κ1) is 29.4. The molecule has 194 valence electrons. The number of fused-ring (bicyclic) bond motifs is 1. The van der Waals surface area contributed by atoms with E-state index >= 15 is 0 Å². The normalized spacial score (nSPS) is 32.4. The van der Waals surface area contributed by atoms with Gasteiger partial charge in [0.05, 0.1) is 25.5 Å². The smallest absolute Gasteiger partial charge is 0.335 e. The van der Waals surface area contributed by atoms with Crippen molar-refractivity contribution in [3.63, 3.8) is 0 Å². The highest BCUT2D eigenvalue weighted by molar-refractivity contribution is 7.85. The maximum Gasteiger partial charge on any atom is 0.335 e. The second kappa shape index (κ2) is 10.7. The van der Waals surface area contributed by atoms with Gasteiger partial charge in [-0.05, 0) is 35.0 Å². The first-order chi connectivity index (χ1) is 15.0. The van der Waals surface area contributed by atoms with Gasteiger partial charge in [0.1, 0.15) is 25.7 Å². The molecule has 2 saturated heterocycles. The largest absolute Gasteiger partial charge is 0.414 e. The molecule has 33 heavy (non-hydrogen) atoms. The van der Waals surface area contributed by atoms with Crippen molar-refractivity contribution in [1.82, 2.24) is 0 Å². The number of hydrogen-bond donors (Lipinski definition) is 1. The van der Waals surface area contributed by atoms with E-state index in [1.165, 1.54) is 0 Å². The average Bonchev–Trinajstić information content (AvgIpc) is 2.87. The lowest BCUT2D eigenvalue weighted by Crippen LogP contribution is -2.67. The van der Waals surface area contributed by atoms with Crippen LogP contribution in [-0.4, -0.2) is 81.8 Å². The van der Waals surface area contributed by atoms with Crippen molar-refractivity contribution in [2.24, 2.45) is 0 Å². The molecule has 2 aliphatic rings. The van der Waals surface area contributed by atoms with Crippen molar-refractivity contribution in [2.75, 3.05) is 19.5 Å². The molecule has 1 N–H and O–H groups in total. The Morgan fingerprint density at radius 2 is 1.55 bits per heavy atom. The Morgan fingerprint density at radius 1 is 1.03 bits per heavy atom. The molecule has 2 unspecified atom stereocenters. The second-order valence-electron chi connectivity index (χ2n) is 11.0. The molecule has 2 fully saturated rings. The third-order valence-electron chi connectivity index (χ3n) is 7.25. The van der Waals surface area contributed by atoms with Gasteiger partial charge in [0.25, 0.3) is 10.1 Å². The summed E-state index contributed by atoms with van der Waals surface area (Å²) in [6.45, 7) is 17.5. The Kier molecular flexibility index (Phi) is 9.52. The van der Waals surface area contributed by atoms with Crippen molar-refractivity contribution in [3.8, 4) is 0 Å². The summed E-state index contributed by atoms with van der Waals surface area (Å²) in [5.41, 5.74) is -0.561. The number of hydrogen-bond acceptors (Lipinski definition) is 8. The van der Waals surface area contributed by atoms with E-state index in [9.17, 15) is 13.5 Å². The molecule has 12 heteroatoms. The van der Waals surface area contributed by atoms with Gasteiger partial charge < -0.3 is 22.8 Å². The summed E-state index contributed by atoms with van der Waals surface area (Å²) in [7, 11) is -7.25. The van der Waals surface area contributed by atoms with Gasteiger partial charge in [0.2, 0.25) is 0 Å². The molecule has 0 spiro atoms. The highest BCUT2D eigenvalue weighted by Crippen LogP contribution is 2.49. The lowest BCUT2D eigenvalue weighted by Gasteiger charge is -2.52. The Hall–Kier alpha value is 0.209. The van der Waals surface area contributed by atoms with Gasteiger partial charge in [-0.15, -0.1) is 0 Å². The number of rotatable bonds is 9. The van der Waals surface area contributed by atoms with Gasteiger partial charge in [-0.2, -0.15) is 8.42 Å². The van der Waals surface area contributed by atoms with Crippen LogP contribution in [-0.2, 0) is 32.0 Å². The zero-order valence-corrected chi connectivity index (χ0v) is 24.9. The summed E-state index contributed by atoms with van der Waals surface area (Å²) in [5.74, 6) is 0. The molecule has 0 aromatic rings. The van der Waals surface area contributed by atoms with Crippen LogP contribution in [0, 0.1) is 0 Å². The lowest BCUT2D eigenvalue weighted by molar-refractivity contribution is -0.0752. The molecular formula is C21H45BO8SSi2. The minimum atomic E-state index is -3.53. The van der Waals surface area contributed by atoms with Gasteiger partial charge in [-0.1, -0.05) is 55.4 Å². The Morgan fingerprint density at radius 3 is 2.00 bits per heavy atom. The quantitative estimate of drug-likeness (QED) is 0.279. The van der Waals surface area contributed by atoms with Crippen molar-refractivity contribution in [1.29, 1.82) is 0 Å². The molecule has 8 nitrogen and oxygen atoms in total. The monoisotopic (exact) mass is 524 g/mol. The van der Waals surface area contributed by atoms with Crippen LogP contribution in [0.3, 0.4) is 0 Å². The van der Waals surface area contributed by atoms with Crippen LogP contribution in [0.1, 0.15) is 68.2 Å². The minimum Gasteiger partial charge on any atom is -0.414 e. The van der Waals surface area contributed by atoms with Crippen molar-refractivity contribution in [3.05, 3.63) is 0 Å². The highest BCUT2D eigenvalue weighted by Gasteiger charge is 2.64. The summed E-state index contributed by atoms with van der Waals surface area (Å²) in [6, 6.07) is -0.493. The van der Waals surface area contributed by atoms with E-state index in [0.717, 1.165) is 6.26 Å². The SMILES string of the molecule is BC1OC2CO[Si](C(C)C)(C(C)C)O[Si](C(C)C)(C(C)C)O[C@H]2[C@]1(O)CCCOS(C)(=O)=O. The molecule has 2 aliphatic heterocycles. The zero-order chi connectivity index (χ0) is 25.4. The summed E-state index contributed by atoms with van der Waals surface area (Å²) >= 11 is 0. The summed E-state index contributed by atoms with van der Waals surface area (Å²) in [4.78, 5) is 0. The molecule has 0 bridgehead atoms. The fourth-order valence-corrected chi connectivity index (χ4v) is 17.0. The third-order valence-corrected chi connectivity index (χ3v) is 18.1. The summed E-state index contributed by atoms with van der Waals surface area (Å²) in [5, 5.41) is 11.8. The molecular weight excluding hydrogens is 479 g/mol. The van der Waals surface area contributed by atoms with Gasteiger partial charge in [-0.25, -0.2) is 0 Å². The van der Waals surface area contributed by atoms with Crippen LogP contribution in [0.4, 0.5) is 0 Å². The maximum absolute atomic E-state index is 11.8. The third kappa shape index (κ3) is 5.96. The fraction of sp³-hybridized carbons (Fsp3) is 1.00. The van der Waals surface area contributed by atoms with E-state index in [1.807, 2.05) is 7.85 Å². The van der Waals surface area contributed by atoms with Crippen molar-refractivity contribution in [2.45, 2.75) is 114 Å². The summed E-state index contributed by atoms with van der Waals surface area (Å²) < 4.78 is 54.7. The first-order valence-electron chi connectivity index (χ1n) is 12.3. The standard InChI is InChI=1S/C21H45BO8SSi2/c1-14(2)32(15(3)4)27-13-18-19(29-33(30-32,16(5)6)17(7)8)21(23,20(22)28-18)11-10-12-26-31(9,24)25/h14-20,23H,10-13,22H2,1-9H3/t18?,19-,20?,21-/m1/s1. The number of ether oxygens (including phenoxy) is 1. The molecule has 2 rings (SSSR count). The molecule has 0 aliphatic carbocycles. The predicted molar refractivity (Wildman–Crippen MR) is 136 cm³/mol. The molecule has 0 aromatic heterocycles. The van der Waals surface area contributed by atoms with Crippen molar-refractivity contribution >= 4 is 35.1 Å². The molecule has 4 atom stereocenters. The Labute approximate surface area is 204 Å². The lowest BCUT2D eigenvalue weighted by atomic mass is 9.77. The first-order valence-corrected chi connectivity index (χ1v) is 18.0. The van der Waals surface area contributed by atoms with Gasteiger partial charge >= 0.3 is 17.1 Å². The Bertz CT molecular complexity index is 747. The number of aliphatic hydroxyl groups is 1. The van der Waals surface area contributed by atoms with Gasteiger partial charge in [-0.3, -0.25) is 4.18 Å². The molecule has 0 amide bonds. The predicted octanol–water partition coefficient (Wildman–Crippen LogP) is 2.79.